The zero-order valence-corrected chi connectivity index (χ0v) is 16.5. The number of halogens is 1. The van der Waals surface area contributed by atoms with E-state index in [0.29, 0.717) is 54.3 Å². The number of rotatable bonds is 3. The van der Waals surface area contributed by atoms with Crippen molar-refractivity contribution in [1.29, 1.82) is 5.26 Å². The highest BCUT2D eigenvalue weighted by molar-refractivity contribution is 5.93. The van der Waals surface area contributed by atoms with E-state index < -0.39 is 12.0 Å². The van der Waals surface area contributed by atoms with Crippen LogP contribution in [0.3, 0.4) is 0 Å². The molecule has 2 N–H and O–H groups in total. The number of nitrogens with two attached hydrogens (primary N) is 1. The van der Waals surface area contributed by atoms with Crippen molar-refractivity contribution < 1.29 is 18.7 Å². The molecule has 156 valence electrons. The monoisotopic (exact) mass is 418 g/mol. The molecule has 2 atom stereocenters. The predicted molar refractivity (Wildman–Crippen MR) is 108 cm³/mol. The van der Waals surface area contributed by atoms with Crippen LogP contribution in [0.2, 0.25) is 0 Å². The molecule has 3 heterocycles. The number of aryl methyl sites for hydroxylation is 1. The maximum atomic E-state index is 14.4. The molecule has 2 aliphatic heterocycles. The van der Waals surface area contributed by atoms with Gasteiger partial charge in [-0.05, 0) is 36.2 Å². The van der Waals surface area contributed by atoms with Gasteiger partial charge in [-0.2, -0.15) is 10.4 Å². The largest absolute Gasteiger partial charge is 0.493 e. The van der Waals surface area contributed by atoms with Crippen molar-refractivity contribution in [3.63, 3.8) is 0 Å². The number of benzene rings is 2. The molecule has 0 saturated carbocycles. The van der Waals surface area contributed by atoms with Crippen LogP contribution in [-0.4, -0.2) is 22.3 Å². The first-order valence-corrected chi connectivity index (χ1v) is 10.0. The van der Waals surface area contributed by atoms with E-state index in [4.69, 9.17) is 15.2 Å². The molecule has 0 saturated heterocycles. The predicted octanol–water partition coefficient (Wildman–Crippen LogP) is 3.24. The molecular weight excluding hydrogens is 399 g/mol. The SMILES string of the molecule is N#Cc1ccc2c(c1)C[C@H](c1c(C(N)=O)nn3c1OC(c1ccccc1F)CC3)CO2. The van der Waals surface area contributed by atoms with Gasteiger partial charge in [-0.15, -0.1) is 0 Å². The molecule has 2 aliphatic rings. The Morgan fingerprint density at radius 1 is 1.29 bits per heavy atom. The number of carbonyl (C=O) groups is 1. The van der Waals surface area contributed by atoms with E-state index in [-0.39, 0.29) is 17.4 Å². The van der Waals surface area contributed by atoms with Gasteiger partial charge in [-0.1, -0.05) is 18.2 Å². The Hall–Kier alpha value is -3.86. The smallest absolute Gasteiger partial charge is 0.269 e. The van der Waals surface area contributed by atoms with Crippen molar-refractivity contribution in [3.05, 3.63) is 76.2 Å². The summed E-state index contributed by atoms with van der Waals surface area (Å²) in [5.74, 6) is -0.105. The van der Waals surface area contributed by atoms with Gasteiger partial charge < -0.3 is 15.2 Å². The third-order valence-electron chi connectivity index (χ3n) is 5.79. The molecule has 0 aliphatic carbocycles. The van der Waals surface area contributed by atoms with Crippen LogP contribution < -0.4 is 15.2 Å². The van der Waals surface area contributed by atoms with E-state index in [1.54, 1.807) is 41.1 Å². The Balaban J connectivity index is 1.54. The first kappa shape index (κ1) is 19.1. The van der Waals surface area contributed by atoms with Crippen molar-refractivity contribution in [2.45, 2.75) is 31.4 Å². The van der Waals surface area contributed by atoms with Gasteiger partial charge in [-0.3, -0.25) is 4.79 Å². The number of ether oxygens (including phenoxy) is 2. The number of amides is 1. The fourth-order valence-corrected chi connectivity index (χ4v) is 4.32. The number of primary amides is 1. The molecule has 0 fully saturated rings. The van der Waals surface area contributed by atoms with Crippen LogP contribution in [0.25, 0.3) is 0 Å². The zero-order valence-electron chi connectivity index (χ0n) is 16.5. The minimum atomic E-state index is -0.653. The first-order chi connectivity index (χ1) is 15.0. The summed E-state index contributed by atoms with van der Waals surface area (Å²) in [6.45, 7) is 0.781. The average molecular weight is 418 g/mol. The second kappa shape index (κ2) is 7.43. The van der Waals surface area contributed by atoms with Crippen molar-refractivity contribution in [2.75, 3.05) is 6.61 Å². The molecule has 8 heteroatoms. The molecule has 5 rings (SSSR count). The molecule has 7 nitrogen and oxygen atoms in total. The number of hydrogen-bond acceptors (Lipinski definition) is 5. The van der Waals surface area contributed by atoms with Crippen LogP contribution in [0.15, 0.2) is 42.5 Å². The van der Waals surface area contributed by atoms with Gasteiger partial charge in [0.05, 0.1) is 23.8 Å². The Kier molecular flexibility index (Phi) is 4.59. The standard InChI is InChI=1S/C23H19FN4O3/c24-17-4-2-1-3-16(17)19-7-8-28-23(31-19)20(21(27-28)22(26)29)15-10-14-9-13(11-25)5-6-18(14)30-12-15/h1-6,9,15,19H,7-8,10,12H2,(H2,26,29)/t15-,19?/m0/s1. The Morgan fingerprint density at radius 2 is 2.13 bits per heavy atom. The molecule has 0 bridgehead atoms. The molecule has 0 spiro atoms. The summed E-state index contributed by atoms with van der Waals surface area (Å²) in [6.07, 6.45) is 0.562. The summed E-state index contributed by atoms with van der Waals surface area (Å²) in [4.78, 5) is 12.2. The van der Waals surface area contributed by atoms with Crippen molar-refractivity contribution >= 4 is 5.91 Å². The fourth-order valence-electron chi connectivity index (χ4n) is 4.32. The summed E-state index contributed by atoms with van der Waals surface area (Å²) >= 11 is 0. The highest BCUT2D eigenvalue weighted by atomic mass is 19.1. The lowest BCUT2D eigenvalue weighted by atomic mass is 9.89. The van der Waals surface area contributed by atoms with Gasteiger partial charge in [0.15, 0.2) is 5.69 Å². The van der Waals surface area contributed by atoms with Crippen LogP contribution in [-0.2, 0) is 13.0 Å². The number of fused-ring (bicyclic) bond motifs is 2. The highest BCUT2D eigenvalue weighted by Crippen LogP contribution is 2.42. The first-order valence-electron chi connectivity index (χ1n) is 10.0. The molecule has 0 radical (unpaired) electrons. The minimum absolute atomic E-state index is 0.137. The average Bonchev–Trinajstić information content (AvgIpc) is 3.18. The van der Waals surface area contributed by atoms with E-state index >= 15 is 0 Å². The number of carbonyl (C=O) groups excluding carboxylic acids is 1. The molecule has 31 heavy (non-hydrogen) atoms. The van der Waals surface area contributed by atoms with E-state index in [9.17, 15) is 14.4 Å². The Labute approximate surface area is 177 Å². The second-order valence-corrected chi connectivity index (χ2v) is 7.72. The van der Waals surface area contributed by atoms with E-state index in [1.807, 2.05) is 0 Å². The molecule has 3 aromatic rings. The van der Waals surface area contributed by atoms with Crippen LogP contribution >= 0.6 is 0 Å². The third-order valence-corrected chi connectivity index (χ3v) is 5.79. The van der Waals surface area contributed by atoms with Gasteiger partial charge in [0.2, 0.25) is 5.88 Å². The quantitative estimate of drug-likeness (QED) is 0.703. The summed E-state index contributed by atoms with van der Waals surface area (Å²) < 4.78 is 28.1. The minimum Gasteiger partial charge on any atom is -0.493 e. The number of hydrogen-bond donors (Lipinski definition) is 1. The fraction of sp³-hybridized carbons (Fsp3) is 0.261. The zero-order chi connectivity index (χ0) is 21.5. The second-order valence-electron chi connectivity index (χ2n) is 7.72. The normalized spacial score (nSPS) is 19.4. The van der Waals surface area contributed by atoms with Crippen LogP contribution in [0.5, 0.6) is 11.6 Å². The Bertz CT molecular complexity index is 1230. The topological polar surface area (TPSA) is 103 Å². The third kappa shape index (κ3) is 3.28. The highest BCUT2D eigenvalue weighted by Gasteiger charge is 2.36. The molecule has 1 unspecified atom stereocenters. The molecular formula is C23H19FN4O3. The number of aromatic nitrogens is 2. The lowest BCUT2D eigenvalue weighted by molar-refractivity contribution is 0.0993. The van der Waals surface area contributed by atoms with Crippen LogP contribution in [0.4, 0.5) is 4.39 Å². The van der Waals surface area contributed by atoms with Gasteiger partial charge in [0.1, 0.15) is 17.7 Å². The molecule has 2 aromatic carbocycles. The van der Waals surface area contributed by atoms with Crippen LogP contribution in [0, 0.1) is 17.1 Å². The van der Waals surface area contributed by atoms with E-state index in [0.717, 1.165) is 5.56 Å². The van der Waals surface area contributed by atoms with Gasteiger partial charge in [0, 0.05) is 24.4 Å². The lowest BCUT2D eigenvalue weighted by Gasteiger charge is -2.29. The van der Waals surface area contributed by atoms with Crippen molar-refractivity contribution in [2.24, 2.45) is 5.73 Å². The molecule has 1 aromatic heterocycles. The Morgan fingerprint density at radius 3 is 2.90 bits per heavy atom. The molecule has 1 amide bonds. The van der Waals surface area contributed by atoms with E-state index in [2.05, 4.69) is 11.2 Å². The lowest BCUT2D eigenvalue weighted by Crippen LogP contribution is -2.24. The maximum absolute atomic E-state index is 14.4. The summed E-state index contributed by atoms with van der Waals surface area (Å²) in [6, 6.07) is 13.9. The van der Waals surface area contributed by atoms with E-state index in [1.165, 1.54) is 6.07 Å². The van der Waals surface area contributed by atoms with Gasteiger partial charge >= 0.3 is 0 Å². The van der Waals surface area contributed by atoms with Crippen molar-refractivity contribution in [3.8, 4) is 17.7 Å². The summed E-state index contributed by atoms with van der Waals surface area (Å²) in [5, 5.41) is 13.6. The maximum Gasteiger partial charge on any atom is 0.269 e. The van der Waals surface area contributed by atoms with Crippen LogP contribution in [0.1, 0.15) is 51.2 Å². The van der Waals surface area contributed by atoms with Gasteiger partial charge in [-0.25, -0.2) is 9.07 Å². The summed E-state index contributed by atoms with van der Waals surface area (Å²) in [7, 11) is 0. The van der Waals surface area contributed by atoms with Gasteiger partial charge in [0.25, 0.3) is 5.91 Å². The number of nitrogens with zero attached hydrogens (tertiary/aromatic N) is 3. The van der Waals surface area contributed by atoms with Crippen molar-refractivity contribution in [1.82, 2.24) is 9.78 Å². The number of nitriles is 1. The summed E-state index contributed by atoms with van der Waals surface area (Å²) in [5.41, 5.74) is 8.20.